The van der Waals surface area contributed by atoms with Gasteiger partial charge in [0.1, 0.15) is 29.1 Å². The molecule has 0 spiro atoms. The van der Waals surface area contributed by atoms with Crippen LogP contribution >= 0.6 is 0 Å². The van der Waals surface area contributed by atoms with Crippen LogP contribution in [0.15, 0.2) is 36.4 Å². The fraction of sp³-hybridized carbons (Fsp3) is 0.294. The molecule has 5 heteroatoms. The number of pyridine rings is 1. The number of hydrogen-bond acceptors (Lipinski definition) is 4. The van der Waals surface area contributed by atoms with Crippen molar-refractivity contribution in [2.75, 3.05) is 19.0 Å². The van der Waals surface area contributed by atoms with Crippen molar-refractivity contribution in [3.8, 4) is 23.1 Å². The van der Waals surface area contributed by atoms with Crippen LogP contribution in [0.25, 0.3) is 11.3 Å². The van der Waals surface area contributed by atoms with Crippen molar-refractivity contribution in [2.45, 2.75) is 19.4 Å². The summed E-state index contributed by atoms with van der Waals surface area (Å²) in [6.45, 7) is 2.00. The van der Waals surface area contributed by atoms with Crippen molar-refractivity contribution in [3.05, 3.63) is 42.0 Å². The standard InChI is InChI=1S/C17H19N3O2/c1-3-14(11-21)19-17-13(10-18)6-9-16(20-17)12-4-7-15(22-2)8-5-12/h4-9,14,21H,3,11H2,1-2H3,(H,19,20)/p+1/t14-/m0/s1. The average molecular weight is 298 g/mol. The number of aromatic amines is 1. The largest absolute Gasteiger partial charge is 0.497 e. The van der Waals surface area contributed by atoms with Gasteiger partial charge < -0.3 is 9.84 Å². The molecule has 0 amide bonds. The normalized spacial score (nSPS) is 11.5. The summed E-state index contributed by atoms with van der Waals surface area (Å²) in [6, 6.07) is 13.4. The molecule has 2 rings (SSSR count). The van der Waals surface area contributed by atoms with Crippen LogP contribution in [0.5, 0.6) is 5.75 Å². The Labute approximate surface area is 130 Å². The molecule has 0 bridgehead atoms. The Kier molecular flexibility index (Phi) is 5.34. The molecule has 22 heavy (non-hydrogen) atoms. The van der Waals surface area contributed by atoms with Crippen LogP contribution in [-0.2, 0) is 0 Å². The number of ether oxygens (including phenoxy) is 1. The zero-order valence-electron chi connectivity index (χ0n) is 12.8. The van der Waals surface area contributed by atoms with Gasteiger partial charge in [-0.05, 0) is 42.8 Å². The van der Waals surface area contributed by atoms with Gasteiger partial charge in [0.15, 0.2) is 0 Å². The number of anilines is 1. The van der Waals surface area contributed by atoms with Gasteiger partial charge in [0, 0.05) is 5.56 Å². The quantitative estimate of drug-likeness (QED) is 0.857. The van der Waals surface area contributed by atoms with Gasteiger partial charge in [0.25, 0.3) is 5.82 Å². The number of aliphatic hydroxyl groups excluding tert-OH is 1. The summed E-state index contributed by atoms with van der Waals surface area (Å²) in [5.41, 5.74) is 2.39. The first-order chi connectivity index (χ1) is 10.7. The Bertz CT molecular complexity index is 659. The molecule has 0 unspecified atom stereocenters. The topological polar surface area (TPSA) is 79.4 Å². The Morgan fingerprint density at radius 3 is 2.55 bits per heavy atom. The van der Waals surface area contributed by atoms with Gasteiger partial charge in [-0.3, -0.25) is 5.32 Å². The molecule has 5 nitrogen and oxygen atoms in total. The lowest BCUT2D eigenvalue weighted by Crippen LogP contribution is -2.28. The first kappa shape index (κ1) is 15.8. The summed E-state index contributed by atoms with van der Waals surface area (Å²) >= 11 is 0. The van der Waals surface area contributed by atoms with Crippen molar-refractivity contribution in [3.63, 3.8) is 0 Å². The third kappa shape index (κ3) is 3.54. The minimum Gasteiger partial charge on any atom is -0.497 e. The Balaban J connectivity index is 2.35. The predicted octanol–water partition coefficient (Wildman–Crippen LogP) is 2.23. The SMILES string of the molecule is CC[C@@H](CO)Nc1[nH+]c(-c2ccc(OC)cc2)ccc1C#N. The van der Waals surface area contributed by atoms with E-state index >= 15 is 0 Å². The van der Waals surface area contributed by atoms with Crippen molar-refractivity contribution >= 4 is 5.82 Å². The van der Waals surface area contributed by atoms with E-state index in [2.05, 4.69) is 16.4 Å². The molecule has 0 radical (unpaired) electrons. The second-order valence-corrected chi connectivity index (χ2v) is 4.93. The summed E-state index contributed by atoms with van der Waals surface area (Å²) in [6.07, 6.45) is 0.766. The number of nitriles is 1. The number of hydrogen-bond donors (Lipinski definition) is 2. The first-order valence-corrected chi connectivity index (χ1v) is 7.20. The molecule has 0 saturated heterocycles. The van der Waals surface area contributed by atoms with Crippen LogP contribution in [0.2, 0.25) is 0 Å². The molecular formula is C17H20N3O2+. The molecule has 114 valence electrons. The lowest BCUT2D eigenvalue weighted by molar-refractivity contribution is -0.348. The van der Waals surface area contributed by atoms with E-state index in [4.69, 9.17) is 4.74 Å². The fourth-order valence-corrected chi connectivity index (χ4v) is 2.12. The van der Waals surface area contributed by atoms with Crippen LogP contribution < -0.4 is 15.0 Å². The summed E-state index contributed by atoms with van der Waals surface area (Å²) in [7, 11) is 1.63. The maximum atomic E-state index is 9.32. The lowest BCUT2D eigenvalue weighted by atomic mass is 10.1. The second kappa shape index (κ2) is 7.43. The number of benzene rings is 1. The number of rotatable bonds is 6. The molecule has 2 aromatic rings. The summed E-state index contributed by atoms with van der Waals surface area (Å²) < 4.78 is 5.15. The Morgan fingerprint density at radius 1 is 1.27 bits per heavy atom. The maximum Gasteiger partial charge on any atom is 0.291 e. The number of aliphatic hydroxyl groups is 1. The van der Waals surface area contributed by atoms with Crippen molar-refractivity contribution in [1.82, 2.24) is 0 Å². The van der Waals surface area contributed by atoms with E-state index in [1.54, 1.807) is 13.2 Å². The molecule has 3 N–H and O–H groups in total. The molecular weight excluding hydrogens is 278 g/mol. The maximum absolute atomic E-state index is 9.32. The van der Waals surface area contributed by atoms with Crippen molar-refractivity contribution in [2.24, 2.45) is 0 Å². The van der Waals surface area contributed by atoms with Gasteiger partial charge in [-0.25, -0.2) is 4.98 Å². The van der Waals surface area contributed by atoms with Gasteiger partial charge >= 0.3 is 0 Å². The molecule has 1 atom stereocenters. The van der Waals surface area contributed by atoms with E-state index in [1.807, 2.05) is 37.3 Å². The van der Waals surface area contributed by atoms with Crippen LogP contribution in [0.3, 0.4) is 0 Å². The van der Waals surface area contributed by atoms with Crippen LogP contribution in [0.4, 0.5) is 5.82 Å². The number of aromatic nitrogens is 1. The zero-order chi connectivity index (χ0) is 15.9. The highest BCUT2D eigenvalue weighted by atomic mass is 16.5. The van der Waals surface area contributed by atoms with E-state index in [9.17, 15) is 10.4 Å². The smallest absolute Gasteiger partial charge is 0.291 e. The van der Waals surface area contributed by atoms with E-state index in [-0.39, 0.29) is 12.6 Å². The number of nitrogens with one attached hydrogen (secondary N) is 2. The molecule has 0 fully saturated rings. The molecule has 1 aromatic carbocycles. The number of nitrogens with zero attached hydrogens (tertiary/aromatic N) is 1. The Morgan fingerprint density at radius 2 is 2.00 bits per heavy atom. The third-order valence-corrected chi connectivity index (χ3v) is 3.53. The van der Waals surface area contributed by atoms with Crippen molar-refractivity contribution < 1.29 is 14.8 Å². The highest BCUT2D eigenvalue weighted by Gasteiger charge is 2.17. The number of methoxy groups -OCH3 is 1. The molecule has 0 aliphatic heterocycles. The number of H-pyrrole nitrogens is 1. The summed E-state index contributed by atoms with van der Waals surface area (Å²) in [5.74, 6) is 1.42. The molecule has 0 aliphatic rings. The second-order valence-electron chi connectivity index (χ2n) is 4.93. The third-order valence-electron chi connectivity index (χ3n) is 3.53. The van der Waals surface area contributed by atoms with E-state index < -0.39 is 0 Å². The van der Waals surface area contributed by atoms with Crippen LogP contribution in [0, 0.1) is 11.3 Å². The van der Waals surface area contributed by atoms with Crippen LogP contribution in [-0.4, -0.2) is 24.9 Å². The van der Waals surface area contributed by atoms with E-state index in [0.717, 1.165) is 23.4 Å². The van der Waals surface area contributed by atoms with Crippen molar-refractivity contribution in [1.29, 1.82) is 5.26 Å². The van der Waals surface area contributed by atoms with Gasteiger partial charge in [0.2, 0.25) is 0 Å². The van der Waals surface area contributed by atoms with Gasteiger partial charge in [0.05, 0.1) is 13.7 Å². The van der Waals surface area contributed by atoms with Gasteiger partial charge in [-0.15, -0.1) is 0 Å². The van der Waals surface area contributed by atoms with E-state index in [1.165, 1.54) is 0 Å². The predicted molar refractivity (Wildman–Crippen MR) is 84.5 cm³/mol. The van der Waals surface area contributed by atoms with Crippen LogP contribution in [0.1, 0.15) is 18.9 Å². The Hall–Kier alpha value is -2.58. The molecule has 1 aromatic heterocycles. The van der Waals surface area contributed by atoms with Gasteiger partial charge in [-0.1, -0.05) is 6.92 Å². The highest BCUT2D eigenvalue weighted by Crippen LogP contribution is 2.21. The minimum absolute atomic E-state index is 0.0158. The van der Waals surface area contributed by atoms with Gasteiger partial charge in [-0.2, -0.15) is 5.26 Å². The summed E-state index contributed by atoms with van der Waals surface area (Å²) in [4.78, 5) is 3.23. The minimum atomic E-state index is -0.0885. The first-order valence-electron chi connectivity index (χ1n) is 7.20. The monoisotopic (exact) mass is 298 g/mol. The molecule has 0 aliphatic carbocycles. The molecule has 1 heterocycles. The summed E-state index contributed by atoms with van der Waals surface area (Å²) in [5, 5.41) is 21.7. The molecule has 0 saturated carbocycles. The lowest BCUT2D eigenvalue weighted by Gasteiger charge is -2.10. The van der Waals surface area contributed by atoms with E-state index in [0.29, 0.717) is 11.4 Å². The zero-order valence-corrected chi connectivity index (χ0v) is 12.8. The highest BCUT2D eigenvalue weighted by molar-refractivity contribution is 5.60. The average Bonchev–Trinajstić information content (AvgIpc) is 2.59. The fourth-order valence-electron chi connectivity index (χ4n) is 2.12.